The van der Waals surface area contributed by atoms with E-state index in [0.29, 0.717) is 24.3 Å². The van der Waals surface area contributed by atoms with Gasteiger partial charge in [-0.3, -0.25) is 14.5 Å². The Hall–Kier alpha value is -3.42. The minimum Gasteiger partial charge on any atom is -0.463 e. The standard InChI is InChI=1S/C27H29N3O4/c31-26(28-17-22-10-11-23(34-22)19-29-12-14-33-15-13-29)25(16-20-6-2-1-3-7-20)30-18-21-8-4-5-9-24(21)27(30)32/h1-11,25H,12-19H2,(H,28,31)/t25-/m0/s1. The molecule has 2 amide bonds. The fraction of sp³-hybridized carbons (Fsp3) is 0.333. The highest BCUT2D eigenvalue weighted by Gasteiger charge is 2.36. The van der Waals surface area contributed by atoms with Crippen LogP contribution < -0.4 is 5.32 Å². The molecule has 1 aromatic heterocycles. The first-order chi connectivity index (χ1) is 16.7. The van der Waals surface area contributed by atoms with Gasteiger partial charge in [0.2, 0.25) is 5.91 Å². The number of hydrogen-bond donors (Lipinski definition) is 1. The average molecular weight is 460 g/mol. The maximum atomic E-state index is 13.4. The number of benzene rings is 2. The zero-order valence-electron chi connectivity index (χ0n) is 19.1. The van der Waals surface area contributed by atoms with Gasteiger partial charge < -0.3 is 19.4 Å². The number of morpholine rings is 1. The van der Waals surface area contributed by atoms with Gasteiger partial charge in [-0.15, -0.1) is 0 Å². The highest BCUT2D eigenvalue weighted by molar-refractivity contribution is 6.01. The Kier molecular flexibility index (Phi) is 6.74. The lowest BCUT2D eigenvalue weighted by molar-refractivity contribution is -0.126. The number of nitrogens with zero attached hydrogens (tertiary/aromatic N) is 2. The van der Waals surface area contributed by atoms with Gasteiger partial charge in [-0.25, -0.2) is 0 Å². The van der Waals surface area contributed by atoms with E-state index in [1.807, 2.05) is 66.7 Å². The summed E-state index contributed by atoms with van der Waals surface area (Å²) in [5.41, 5.74) is 2.64. The van der Waals surface area contributed by atoms with Crippen LogP contribution in [0.15, 0.2) is 71.1 Å². The molecule has 0 spiro atoms. The summed E-state index contributed by atoms with van der Waals surface area (Å²) >= 11 is 0. The number of ether oxygens (including phenoxy) is 1. The monoisotopic (exact) mass is 459 g/mol. The largest absolute Gasteiger partial charge is 0.463 e. The molecule has 1 fully saturated rings. The first-order valence-electron chi connectivity index (χ1n) is 11.8. The highest BCUT2D eigenvalue weighted by atomic mass is 16.5. The van der Waals surface area contributed by atoms with Crippen LogP contribution in [0, 0.1) is 0 Å². The van der Waals surface area contributed by atoms with E-state index in [1.165, 1.54) is 0 Å². The molecule has 0 bridgehead atoms. The maximum Gasteiger partial charge on any atom is 0.255 e. The zero-order valence-corrected chi connectivity index (χ0v) is 19.1. The third kappa shape index (κ3) is 5.05. The molecule has 5 rings (SSSR count). The second-order valence-corrected chi connectivity index (χ2v) is 8.77. The van der Waals surface area contributed by atoms with E-state index in [9.17, 15) is 9.59 Å². The third-order valence-electron chi connectivity index (χ3n) is 6.44. The summed E-state index contributed by atoms with van der Waals surface area (Å²) in [6.45, 7) is 4.71. The van der Waals surface area contributed by atoms with Crippen LogP contribution in [-0.2, 0) is 35.6 Å². The van der Waals surface area contributed by atoms with Crippen molar-refractivity contribution < 1.29 is 18.7 Å². The highest BCUT2D eigenvalue weighted by Crippen LogP contribution is 2.26. The lowest BCUT2D eigenvalue weighted by Crippen LogP contribution is -2.48. The Morgan fingerprint density at radius 1 is 0.941 bits per heavy atom. The van der Waals surface area contributed by atoms with Crippen LogP contribution in [0.3, 0.4) is 0 Å². The molecule has 0 unspecified atom stereocenters. The van der Waals surface area contributed by atoms with Crippen molar-refractivity contribution in [2.24, 2.45) is 0 Å². The molecule has 2 aliphatic heterocycles. The van der Waals surface area contributed by atoms with Gasteiger partial charge in [0.1, 0.15) is 17.6 Å². The van der Waals surface area contributed by atoms with Crippen molar-refractivity contribution in [3.8, 4) is 0 Å². The summed E-state index contributed by atoms with van der Waals surface area (Å²) in [5, 5.41) is 3.00. The predicted octanol–water partition coefficient (Wildman–Crippen LogP) is 3.00. The number of rotatable bonds is 8. The Morgan fingerprint density at radius 2 is 1.68 bits per heavy atom. The molecule has 0 saturated carbocycles. The third-order valence-corrected chi connectivity index (χ3v) is 6.44. The minimum absolute atomic E-state index is 0.0996. The number of nitrogens with one attached hydrogen (secondary N) is 1. The Bertz CT molecular complexity index is 1140. The average Bonchev–Trinajstić information content (AvgIpc) is 3.46. The summed E-state index contributed by atoms with van der Waals surface area (Å²) in [6.07, 6.45) is 0.451. The number of fused-ring (bicyclic) bond motifs is 1. The fourth-order valence-corrected chi connectivity index (χ4v) is 4.58. The molecule has 7 heteroatoms. The van der Waals surface area contributed by atoms with Gasteiger partial charge in [0, 0.05) is 31.6 Å². The van der Waals surface area contributed by atoms with Gasteiger partial charge in [-0.05, 0) is 29.3 Å². The molecule has 2 aliphatic rings. The first-order valence-corrected chi connectivity index (χ1v) is 11.8. The van der Waals surface area contributed by atoms with Crippen LogP contribution in [0.1, 0.15) is 33.0 Å². The summed E-state index contributed by atoms with van der Waals surface area (Å²) in [6, 6.07) is 20.6. The molecule has 176 valence electrons. The lowest BCUT2D eigenvalue weighted by Gasteiger charge is -2.27. The Labute approximate surface area is 199 Å². The van der Waals surface area contributed by atoms with Crippen molar-refractivity contribution >= 4 is 11.8 Å². The minimum atomic E-state index is -0.606. The van der Waals surface area contributed by atoms with E-state index in [0.717, 1.165) is 49.7 Å². The molecule has 2 aromatic carbocycles. The van der Waals surface area contributed by atoms with Crippen molar-refractivity contribution in [1.29, 1.82) is 0 Å². The molecular weight excluding hydrogens is 430 g/mol. The number of carbonyl (C=O) groups excluding carboxylic acids is 2. The SMILES string of the molecule is O=C(NCc1ccc(CN2CCOCC2)o1)[C@H](Cc1ccccc1)N1Cc2ccccc2C1=O. The number of amides is 2. The number of furan rings is 1. The van der Waals surface area contributed by atoms with Crippen molar-refractivity contribution in [2.45, 2.75) is 32.1 Å². The van der Waals surface area contributed by atoms with Crippen LogP contribution in [0.2, 0.25) is 0 Å². The maximum absolute atomic E-state index is 13.4. The Balaban J connectivity index is 1.26. The van der Waals surface area contributed by atoms with Crippen molar-refractivity contribution in [3.05, 3.63) is 94.9 Å². The summed E-state index contributed by atoms with van der Waals surface area (Å²) in [5.74, 6) is 1.29. The van der Waals surface area contributed by atoms with Gasteiger partial charge in [0.25, 0.3) is 5.91 Å². The van der Waals surface area contributed by atoms with Crippen molar-refractivity contribution in [3.63, 3.8) is 0 Å². The fourth-order valence-electron chi connectivity index (χ4n) is 4.58. The van der Waals surface area contributed by atoms with Crippen LogP contribution in [-0.4, -0.2) is 54.0 Å². The van der Waals surface area contributed by atoms with E-state index < -0.39 is 6.04 Å². The van der Waals surface area contributed by atoms with E-state index in [-0.39, 0.29) is 18.4 Å². The summed E-state index contributed by atoms with van der Waals surface area (Å²) in [4.78, 5) is 30.4. The second-order valence-electron chi connectivity index (χ2n) is 8.77. The molecule has 1 saturated heterocycles. The number of carbonyl (C=O) groups is 2. The van der Waals surface area contributed by atoms with Gasteiger partial charge in [0.05, 0.1) is 26.3 Å². The van der Waals surface area contributed by atoms with E-state index in [2.05, 4.69) is 10.2 Å². The van der Waals surface area contributed by atoms with Crippen LogP contribution in [0.4, 0.5) is 0 Å². The molecular formula is C27H29N3O4. The molecule has 0 radical (unpaired) electrons. The normalized spacial score (nSPS) is 16.9. The van der Waals surface area contributed by atoms with Crippen molar-refractivity contribution in [2.75, 3.05) is 26.3 Å². The molecule has 7 nitrogen and oxygen atoms in total. The second kappa shape index (κ2) is 10.2. The smallest absolute Gasteiger partial charge is 0.255 e. The predicted molar refractivity (Wildman–Crippen MR) is 127 cm³/mol. The van der Waals surface area contributed by atoms with E-state index >= 15 is 0 Å². The van der Waals surface area contributed by atoms with E-state index in [4.69, 9.17) is 9.15 Å². The van der Waals surface area contributed by atoms with Crippen LogP contribution in [0.25, 0.3) is 0 Å². The quantitative estimate of drug-likeness (QED) is 0.561. The number of hydrogen-bond acceptors (Lipinski definition) is 5. The van der Waals surface area contributed by atoms with E-state index in [1.54, 1.807) is 4.90 Å². The lowest BCUT2D eigenvalue weighted by atomic mass is 10.0. The van der Waals surface area contributed by atoms with Gasteiger partial charge in [-0.1, -0.05) is 48.5 Å². The Morgan fingerprint density at radius 3 is 2.47 bits per heavy atom. The summed E-state index contributed by atoms with van der Waals surface area (Å²) in [7, 11) is 0. The molecule has 0 aliphatic carbocycles. The van der Waals surface area contributed by atoms with Gasteiger partial charge in [0.15, 0.2) is 0 Å². The molecule has 3 heterocycles. The van der Waals surface area contributed by atoms with Crippen molar-refractivity contribution in [1.82, 2.24) is 15.1 Å². The molecule has 3 aromatic rings. The molecule has 1 N–H and O–H groups in total. The molecule has 1 atom stereocenters. The summed E-state index contributed by atoms with van der Waals surface area (Å²) < 4.78 is 11.3. The topological polar surface area (TPSA) is 75.0 Å². The van der Waals surface area contributed by atoms with Gasteiger partial charge in [-0.2, -0.15) is 0 Å². The zero-order chi connectivity index (χ0) is 23.3. The van der Waals surface area contributed by atoms with Crippen LogP contribution in [0.5, 0.6) is 0 Å². The molecule has 34 heavy (non-hydrogen) atoms. The first kappa shape index (κ1) is 22.4. The van der Waals surface area contributed by atoms with Crippen LogP contribution >= 0.6 is 0 Å². The van der Waals surface area contributed by atoms with Gasteiger partial charge >= 0.3 is 0 Å².